The van der Waals surface area contributed by atoms with Crippen molar-refractivity contribution in [1.82, 2.24) is 9.71 Å². The van der Waals surface area contributed by atoms with E-state index < -0.39 is 28.3 Å². The summed E-state index contributed by atoms with van der Waals surface area (Å²) in [5.41, 5.74) is 0.830. The largest absolute Gasteiger partial charge is 0.390 e. The second-order valence-corrected chi connectivity index (χ2v) is 7.35. The number of hydrogen-bond acceptors (Lipinski definition) is 5. The lowest BCUT2D eigenvalue weighted by molar-refractivity contribution is 0.0338. The van der Waals surface area contributed by atoms with Crippen molar-refractivity contribution in [2.24, 2.45) is 0 Å². The van der Waals surface area contributed by atoms with Crippen molar-refractivity contribution in [1.29, 1.82) is 0 Å². The van der Waals surface area contributed by atoms with Gasteiger partial charge in [0.05, 0.1) is 23.1 Å². The molecule has 0 unspecified atom stereocenters. The zero-order valence-electron chi connectivity index (χ0n) is 12.3. The van der Waals surface area contributed by atoms with E-state index in [2.05, 4.69) is 9.71 Å². The molecule has 0 aliphatic heterocycles. The SMILES string of the molecule is O=S(=O)(N[C@H]1[C@H](O)[C@H](O)C[C@@H]1c1ccncc1)c1ccccc1. The molecule has 1 fully saturated rings. The highest BCUT2D eigenvalue weighted by atomic mass is 32.2. The zero-order valence-corrected chi connectivity index (χ0v) is 13.1. The molecule has 23 heavy (non-hydrogen) atoms. The maximum Gasteiger partial charge on any atom is 0.240 e. The summed E-state index contributed by atoms with van der Waals surface area (Å²) in [5, 5.41) is 20.2. The number of nitrogens with one attached hydrogen (secondary N) is 1. The minimum atomic E-state index is -3.78. The Hall–Kier alpha value is -1.80. The third kappa shape index (κ3) is 3.28. The van der Waals surface area contributed by atoms with Crippen LogP contribution in [0.25, 0.3) is 0 Å². The predicted molar refractivity (Wildman–Crippen MR) is 84.2 cm³/mol. The normalized spacial score (nSPS) is 27.9. The van der Waals surface area contributed by atoms with Crippen LogP contribution in [0.5, 0.6) is 0 Å². The first-order valence-electron chi connectivity index (χ1n) is 7.32. The summed E-state index contributed by atoms with van der Waals surface area (Å²) in [6.45, 7) is 0. The van der Waals surface area contributed by atoms with Gasteiger partial charge in [-0.15, -0.1) is 0 Å². The Balaban J connectivity index is 1.90. The summed E-state index contributed by atoms with van der Waals surface area (Å²) in [6.07, 6.45) is 1.36. The molecule has 0 bridgehead atoms. The summed E-state index contributed by atoms with van der Waals surface area (Å²) < 4.78 is 27.5. The van der Waals surface area contributed by atoms with Crippen LogP contribution in [-0.4, -0.2) is 41.9 Å². The van der Waals surface area contributed by atoms with Crippen LogP contribution in [0.1, 0.15) is 17.9 Å². The van der Waals surface area contributed by atoms with E-state index in [1.54, 1.807) is 42.7 Å². The summed E-state index contributed by atoms with van der Waals surface area (Å²) in [7, 11) is -3.78. The van der Waals surface area contributed by atoms with Crippen LogP contribution in [-0.2, 0) is 10.0 Å². The molecule has 122 valence electrons. The quantitative estimate of drug-likeness (QED) is 0.762. The first kappa shape index (κ1) is 16.1. The van der Waals surface area contributed by atoms with Gasteiger partial charge in [-0.3, -0.25) is 4.98 Å². The second kappa shape index (κ2) is 6.37. The molecule has 0 radical (unpaired) electrons. The molecule has 6 nitrogen and oxygen atoms in total. The van der Waals surface area contributed by atoms with Crippen molar-refractivity contribution in [2.75, 3.05) is 0 Å². The van der Waals surface area contributed by atoms with E-state index in [0.29, 0.717) is 0 Å². The fraction of sp³-hybridized carbons (Fsp3) is 0.312. The van der Waals surface area contributed by atoms with Crippen LogP contribution in [0.15, 0.2) is 59.8 Å². The highest BCUT2D eigenvalue weighted by Gasteiger charge is 2.44. The average molecular weight is 334 g/mol. The molecule has 1 saturated carbocycles. The molecular formula is C16H18N2O4S. The van der Waals surface area contributed by atoms with Crippen LogP contribution in [0.3, 0.4) is 0 Å². The van der Waals surface area contributed by atoms with Crippen molar-refractivity contribution in [3.05, 3.63) is 60.4 Å². The lowest BCUT2D eigenvalue weighted by Crippen LogP contribution is -2.45. The fourth-order valence-corrected chi connectivity index (χ4v) is 4.29. The molecule has 7 heteroatoms. The zero-order chi connectivity index (χ0) is 16.4. The fourth-order valence-electron chi connectivity index (χ4n) is 2.98. The van der Waals surface area contributed by atoms with Crippen LogP contribution >= 0.6 is 0 Å². The minimum Gasteiger partial charge on any atom is -0.390 e. The molecule has 0 amide bonds. The molecule has 3 rings (SSSR count). The molecule has 4 atom stereocenters. The monoisotopic (exact) mass is 334 g/mol. The van der Waals surface area contributed by atoms with Crippen LogP contribution < -0.4 is 4.72 Å². The summed E-state index contributed by atoms with van der Waals surface area (Å²) >= 11 is 0. The van der Waals surface area contributed by atoms with Crippen molar-refractivity contribution in [3.63, 3.8) is 0 Å². The van der Waals surface area contributed by atoms with Gasteiger partial charge in [0.15, 0.2) is 0 Å². The molecule has 0 saturated heterocycles. The van der Waals surface area contributed by atoms with Gasteiger partial charge in [0.2, 0.25) is 10.0 Å². The molecule has 1 aliphatic carbocycles. The molecule has 1 heterocycles. The lowest BCUT2D eigenvalue weighted by atomic mass is 9.95. The highest BCUT2D eigenvalue weighted by Crippen LogP contribution is 2.35. The first-order chi connectivity index (χ1) is 11.0. The Kier molecular flexibility index (Phi) is 4.45. The molecule has 0 spiro atoms. The second-order valence-electron chi connectivity index (χ2n) is 5.64. The maximum absolute atomic E-state index is 12.5. The van der Waals surface area contributed by atoms with Crippen LogP contribution in [0.4, 0.5) is 0 Å². The number of nitrogens with zero attached hydrogens (tertiary/aromatic N) is 1. The molecule has 1 aromatic heterocycles. The number of aliphatic hydroxyl groups excluding tert-OH is 2. The van der Waals surface area contributed by atoms with Gasteiger partial charge in [-0.2, -0.15) is 0 Å². The summed E-state index contributed by atoms with van der Waals surface area (Å²) in [6, 6.07) is 10.7. The summed E-state index contributed by atoms with van der Waals surface area (Å²) in [5.74, 6) is -0.318. The number of pyridine rings is 1. The number of benzene rings is 1. The van der Waals surface area contributed by atoms with E-state index in [1.807, 2.05) is 0 Å². The Labute approximate surface area is 134 Å². The molecule has 2 aromatic rings. The van der Waals surface area contributed by atoms with E-state index >= 15 is 0 Å². The number of aliphatic hydroxyl groups is 2. The van der Waals surface area contributed by atoms with Crippen molar-refractivity contribution < 1.29 is 18.6 Å². The lowest BCUT2D eigenvalue weighted by Gasteiger charge is -2.23. The van der Waals surface area contributed by atoms with Crippen molar-refractivity contribution >= 4 is 10.0 Å². The Morgan fingerprint density at radius 1 is 1.04 bits per heavy atom. The molecule has 1 aromatic carbocycles. The van der Waals surface area contributed by atoms with Gasteiger partial charge in [0, 0.05) is 18.3 Å². The highest BCUT2D eigenvalue weighted by molar-refractivity contribution is 7.89. The standard InChI is InChI=1S/C16H18N2O4S/c19-14-10-13(11-6-8-17-9-7-11)15(16(14)20)18-23(21,22)12-4-2-1-3-5-12/h1-9,13-16,18-20H,10H2/t13-,14-,15-,16-/m1/s1. The molecule has 1 aliphatic rings. The topological polar surface area (TPSA) is 99.5 Å². The van der Waals surface area contributed by atoms with E-state index in [4.69, 9.17) is 0 Å². The number of sulfonamides is 1. The Morgan fingerprint density at radius 3 is 2.35 bits per heavy atom. The third-order valence-corrected chi connectivity index (χ3v) is 5.65. The van der Waals surface area contributed by atoms with Gasteiger partial charge in [-0.1, -0.05) is 18.2 Å². The maximum atomic E-state index is 12.5. The van der Waals surface area contributed by atoms with Gasteiger partial charge in [-0.05, 0) is 36.2 Å². The smallest absolute Gasteiger partial charge is 0.240 e. The predicted octanol–water partition coefficient (Wildman–Crippen LogP) is 0.638. The first-order valence-corrected chi connectivity index (χ1v) is 8.81. The van der Waals surface area contributed by atoms with E-state index in [1.165, 1.54) is 12.1 Å². The molecular weight excluding hydrogens is 316 g/mol. The van der Waals surface area contributed by atoms with Crippen molar-refractivity contribution in [2.45, 2.75) is 35.5 Å². The van der Waals surface area contributed by atoms with Gasteiger partial charge < -0.3 is 10.2 Å². The van der Waals surface area contributed by atoms with Gasteiger partial charge in [-0.25, -0.2) is 13.1 Å². The minimum absolute atomic E-state index is 0.127. The number of rotatable bonds is 4. The van der Waals surface area contributed by atoms with E-state index in [-0.39, 0.29) is 17.2 Å². The van der Waals surface area contributed by atoms with E-state index in [0.717, 1.165) is 5.56 Å². The van der Waals surface area contributed by atoms with E-state index in [9.17, 15) is 18.6 Å². The van der Waals surface area contributed by atoms with Crippen LogP contribution in [0.2, 0.25) is 0 Å². The Morgan fingerprint density at radius 2 is 1.70 bits per heavy atom. The Bertz CT molecular complexity index is 752. The molecule has 3 N–H and O–H groups in total. The van der Waals surface area contributed by atoms with Crippen molar-refractivity contribution in [3.8, 4) is 0 Å². The van der Waals surface area contributed by atoms with Gasteiger partial charge in [0.25, 0.3) is 0 Å². The van der Waals surface area contributed by atoms with Crippen LogP contribution in [0, 0.1) is 0 Å². The number of aromatic nitrogens is 1. The third-order valence-electron chi connectivity index (χ3n) is 4.17. The number of hydrogen-bond donors (Lipinski definition) is 3. The van der Waals surface area contributed by atoms with Gasteiger partial charge >= 0.3 is 0 Å². The average Bonchev–Trinajstić information content (AvgIpc) is 2.84. The van der Waals surface area contributed by atoms with Gasteiger partial charge in [0.1, 0.15) is 0 Å². The summed E-state index contributed by atoms with van der Waals surface area (Å²) in [4.78, 5) is 4.07.